The number of hydrogen-bond acceptors (Lipinski definition) is 8. The number of alkyl carbamates (subject to hydrolysis) is 1. The van der Waals surface area contributed by atoms with E-state index < -0.39 is 28.8 Å². The van der Waals surface area contributed by atoms with Gasteiger partial charge in [-0.15, -0.1) is 10.2 Å². The number of carbonyl (C=O) groups excluding carboxylic acids is 2. The molecule has 1 fully saturated rings. The van der Waals surface area contributed by atoms with Crippen LogP contribution in [0.25, 0.3) is 11.5 Å². The lowest BCUT2D eigenvalue weighted by Gasteiger charge is -2.26. The lowest BCUT2D eigenvalue weighted by Crippen LogP contribution is -2.48. The smallest absolute Gasteiger partial charge is 0.416 e. The van der Waals surface area contributed by atoms with E-state index in [9.17, 15) is 22.8 Å². The second kappa shape index (κ2) is 12.7. The molecular formula is C33H34F3N5O5. The number of aromatic nitrogens is 2. The molecule has 10 nitrogen and oxygen atoms in total. The predicted octanol–water partition coefficient (Wildman–Crippen LogP) is 6.70. The van der Waals surface area contributed by atoms with Gasteiger partial charge in [-0.3, -0.25) is 4.79 Å². The number of methoxy groups -OCH3 is 1. The molecule has 3 aromatic carbocycles. The van der Waals surface area contributed by atoms with Crippen LogP contribution < -0.4 is 15.4 Å². The van der Waals surface area contributed by atoms with Gasteiger partial charge in [-0.1, -0.05) is 24.3 Å². The van der Waals surface area contributed by atoms with Crippen LogP contribution in [0.1, 0.15) is 44.2 Å². The Labute approximate surface area is 263 Å². The fourth-order valence-corrected chi connectivity index (χ4v) is 5.12. The Balaban J connectivity index is 1.43. The van der Waals surface area contributed by atoms with E-state index in [-0.39, 0.29) is 30.7 Å². The van der Waals surface area contributed by atoms with Gasteiger partial charge >= 0.3 is 12.3 Å². The molecule has 2 amide bonds. The van der Waals surface area contributed by atoms with Crippen LogP contribution in [0.3, 0.4) is 0 Å². The summed E-state index contributed by atoms with van der Waals surface area (Å²) in [6.07, 6.45) is -4.86. The molecule has 46 heavy (non-hydrogen) atoms. The van der Waals surface area contributed by atoms with E-state index in [0.29, 0.717) is 35.8 Å². The van der Waals surface area contributed by atoms with E-state index in [1.54, 1.807) is 57.0 Å². The summed E-state index contributed by atoms with van der Waals surface area (Å²) in [5, 5.41) is 14.3. The van der Waals surface area contributed by atoms with Crippen molar-refractivity contribution in [3.05, 3.63) is 89.8 Å². The fraction of sp³-hybridized carbons (Fsp3) is 0.333. The number of likely N-dealkylation sites (tertiary alicyclic amines) is 1. The zero-order chi connectivity index (χ0) is 33.1. The Hall–Kier alpha value is -5.07. The molecule has 0 bridgehead atoms. The van der Waals surface area contributed by atoms with E-state index in [1.165, 1.54) is 12.1 Å². The van der Waals surface area contributed by atoms with Crippen molar-refractivity contribution in [2.24, 2.45) is 0 Å². The molecule has 1 aliphatic heterocycles. The quantitative estimate of drug-likeness (QED) is 0.208. The maximum atomic E-state index is 14.1. The van der Waals surface area contributed by atoms with Gasteiger partial charge in [-0.05, 0) is 81.3 Å². The Kier molecular flexibility index (Phi) is 8.95. The molecule has 2 heterocycles. The average molecular weight is 638 g/mol. The summed E-state index contributed by atoms with van der Waals surface area (Å²) >= 11 is 0. The molecule has 2 N–H and O–H groups in total. The van der Waals surface area contributed by atoms with Crippen LogP contribution in [0.2, 0.25) is 0 Å². The highest BCUT2D eigenvalue weighted by Gasteiger charge is 2.52. The van der Waals surface area contributed by atoms with Crippen molar-refractivity contribution in [1.82, 2.24) is 20.4 Å². The number of para-hydroxylation sites is 1. The zero-order valence-electron chi connectivity index (χ0n) is 25.8. The van der Waals surface area contributed by atoms with Crippen molar-refractivity contribution >= 4 is 23.4 Å². The van der Waals surface area contributed by atoms with E-state index in [4.69, 9.17) is 13.9 Å². The number of alkyl halides is 3. The van der Waals surface area contributed by atoms with Gasteiger partial charge < -0.3 is 29.4 Å². The predicted molar refractivity (Wildman–Crippen MR) is 163 cm³/mol. The summed E-state index contributed by atoms with van der Waals surface area (Å²) in [6, 6.07) is 18.9. The number of nitrogens with one attached hydrogen (secondary N) is 2. The van der Waals surface area contributed by atoms with Gasteiger partial charge in [0.05, 0.1) is 23.9 Å². The minimum atomic E-state index is -4.45. The summed E-state index contributed by atoms with van der Waals surface area (Å²) in [7, 11) is 1.58. The first kappa shape index (κ1) is 32.3. The van der Waals surface area contributed by atoms with E-state index >= 15 is 0 Å². The van der Waals surface area contributed by atoms with E-state index in [0.717, 1.165) is 17.7 Å². The molecule has 0 saturated carbocycles. The molecule has 0 spiro atoms. The molecule has 0 radical (unpaired) electrons. The lowest BCUT2D eigenvalue weighted by molar-refractivity contribution is -0.137. The second-order valence-corrected chi connectivity index (χ2v) is 11.9. The van der Waals surface area contributed by atoms with Crippen LogP contribution in [0.4, 0.5) is 29.3 Å². The number of halogens is 3. The molecule has 1 aromatic heterocycles. The summed E-state index contributed by atoms with van der Waals surface area (Å²) in [5.41, 5.74) is -0.615. The highest BCUT2D eigenvalue weighted by Crippen LogP contribution is 2.39. The number of amides is 2. The van der Waals surface area contributed by atoms with Gasteiger partial charge in [0.2, 0.25) is 17.7 Å². The monoisotopic (exact) mass is 637 g/mol. The Bertz CT molecular complexity index is 1680. The summed E-state index contributed by atoms with van der Waals surface area (Å²) in [5.74, 6) is 0.498. The molecule has 13 heteroatoms. The van der Waals surface area contributed by atoms with Crippen LogP contribution in [-0.2, 0) is 27.7 Å². The molecule has 5 rings (SSSR count). The van der Waals surface area contributed by atoms with Gasteiger partial charge in [0, 0.05) is 25.3 Å². The Morgan fingerprint density at radius 2 is 1.70 bits per heavy atom. The van der Waals surface area contributed by atoms with Crippen molar-refractivity contribution in [3.63, 3.8) is 0 Å². The van der Waals surface area contributed by atoms with Gasteiger partial charge in [-0.25, -0.2) is 4.79 Å². The standard InChI is InChI=1S/C33H34F3N5O5/c1-31(2,3)46-30(43)37-20-32(17-18-41(29(32)42)19-21-9-15-24(44-4)16-10-21)28-40-39-27(45-28)25-7-5-6-8-26(25)38-23-13-11-22(12-14-23)33(34,35)36/h5-16,38H,17-20H2,1-4H3,(H,37,43). The first-order valence-corrected chi connectivity index (χ1v) is 14.5. The Morgan fingerprint density at radius 1 is 1.00 bits per heavy atom. The first-order valence-electron chi connectivity index (χ1n) is 14.5. The van der Waals surface area contributed by atoms with E-state index in [2.05, 4.69) is 20.8 Å². The average Bonchev–Trinajstić information content (AvgIpc) is 3.62. The number of rotatable bonds is 9. The maximum Gasteiger partial charge on any atom is 0.416 e. The van der Waals surface area contributed by atoms with Crippen molar-refractivity contribution in [2.75, 3.05) is 25.5 Å². The minimum Gasteiger partial charge on any atom is -0.497 e. The van der Waals surface area contributed by atoms with Crippen LogP contribution in [0.5, 0.6) is 5.75 Å². The third-order valence-corrected chi connectivity index (χ3v) is 7.45. The van der Waals surface area contributed by atoms with Crippen molar-refractivity contribution in [1.29, 1.82) is 0 Å². The minimum absolute atomic E-state index is 0.0186. The third-order valence-electron chi connectivity index (χ3n) is 7.45. The summed E-state index contributed by atoms with van der Waals surface area (Å²) in [4.78, 5) is 28.4. The summed E-state index contributed by atoms with van der Waals surface area (Å²) in [6.45, 7) is 5.75. The second-order valence-electron chi connectivity index (χ2n) is 11.9. The van der Waals surface area contributed by atoms with Crippen molar-refractivity contribution in [3.8, 4) is 17.2 Å². The van der Waals surface area contributed by atoms with E-state index in [1.807, 2.05) is 24.3 Å². The number of nitrogens with zero attached hydrogens (tertiary/aromatic N) is 3. The highest BCUT2D eigenvalue weighted by molar-refractivity contribution is 5.90. The molecule has 1 unspecified atom stereocenters. The SMILES string of the molecule is COc1ccc(CN2CCC(CNC(=O)OC(C)(C)C)(c3nnc(-c4ccccc4Nc4ccc(C(F)(F)F)cc4)o3)C2=O)cc1. The van der Waals surface area contributed by atoms with Crippen LogP contribution in [0, 0.1) is 0 Å². The molecule has 1 aliphatic rings. The molecule has 0 aliphatic carbocycles. The van der Waals surface area contributed by atoms with Crippen LogP contribution in [0.15, 0.2) is 77.2 Å². The van der Waals surface area contributed by atoms with Gasteiger partial charge in [0.15, 0.2) is 0 Å². The van der Waals surface area contributed by atoms with Crippen LogP contribution in [-0.4, -0.2) is 52.9 Å². The van der Waals surface area contributed by atoms with Gasteiger partial charge in [0.25, 0.3) is 0 Å². The van der Waals surface area contributed by atoms with Gasteiger partial charge in [0.1, 0.15) is 16.8 Å². The normalized spacial score (nSPS) is 16.8. The number of ether oxygens (including phenoxy) is 2. The van der Waals surface area contributed by atoms with Gasteiger partial charge in [-0.2, -0.15) is 13.2 Å². The first-order chi connectivity index (χ1) is 21.8. The number of anilines is 2. The molecule has 242 valence electrons. The maximum absolute atomic E-state index is 14.1. The Morgan fingerprint density at radius 3 is 2.35 bits per heavy atom. The third kappa shape index (κ3) is 7.24. The molecule has 1 saturated heterocycles. The van der Waals surface area contributed by atoms with Crippen molar-refractivity contribution < 1.29 is 36.7 Å². The number of carbonyl (C=O) groups is 2. The van der Waals surface area contributed by atoms with Crippen LogP contribution >= 0.6 is 0 Å². The lowest BCUT2D eigenvalue weighted by atomic mass is 9.86. The highest BCUT2D eigenvalue weighted by atomic mass is 19.4. The molecule has 1 atom stereocenters. The molecular weight excluding hydrogens is 603 g/mol. The summed E-state index contributed by atoms with van der Waals surface area (Å²) < 4.78 is 55.9. The largest absolute Gasteiger partial charge is 0.497 e. The topological polar surface area (TPSA) is 119 Å². The zero-order valence-corrected chi connectivity index (χ0v) is 25.8. The van der Waals surface area contributed by atoms with Crippen molar-refractivity contribution in [2.45, 2.75) is 50.9 Å². The fourth-order valence-electron chi connectivity index (χ4n) is 5.12. The number of hydrogen-bond donors (Lipinski definition) is 2. The molecule has 4 aromatic rings. The number of benzene rings is 3.